The van der Waals surface area contributed by atoms with Crippen LogP contribution in [0.25, 0.3) is 0 Å². The molecular weight excluding hydrogens is 516 g/mol. The lowest BCUT2D eigenvalue weighted by molar-refractivity contribution is -0.0920. The monoisotopic (exact) mass is 532 g/mol. The van der Waals surface area contributed by atoms with Crippen molar-refractivity contribution in [1.82, 2.24) is 9.55 Å². The Morgan fingerprint density at radius 1 is 1.23 bits per heavy atom. The van der Waals surface area contributed by atoms with Gasteiger partial charge in [-0.15, -0.1) is 0 Å². The van der Waals surface area contributed by atoms with Crippen LogP contribution in [0, 0.1) is 9.41 Å². The molecule has 0 saturated carbocycles. The molecule has 0 amide bonds. The van der Waals surface area contributed by atoms with Gasteiger partial charge in [0, 0.05) is 6.20 Å². The summed E-state index contributed by atoms with van der Waals surface area (Å²) in [5.41, 5.74) is -2.20. The van der Waals surface area contributed by atoms with Crippen molar-refractivity contribution in [3.63, 3.8) is 0 Å². The van der Waals surface area contributed by atoms with Crippen molar-refractivity contribution in [3.8, 4) is 0 Å². The highest BCUT2D eigenvalue weighted by atomic mass is 32.1. The molecule has 1 aliphatic rings. The molecule has 30 heavy (non-hydrogen) atoms. The molecule has 1 aromatic rings. The summed E-state index contributed by atoms with van der Waals surface area (Å²) in [5.74, 6) is 0. The van der Waals surface area contributed by atoms with E-state index in [1.807, 2.05) is 0 Å². The van der Waals surface area contributed by atoms with Crippen molar-refractivity contribution < 1.29 is 60.6 Å². The summed E-state index contributed by atoms with van der Waals surface area (Å²) in [6.07, 6.45) is -3.97. The minimum atomic E-state index is -5.73. The number of nitrogens with one attached hydrogen (secondary N) is 1. The van der Waals surface area contributed by atoms with Crippen LogP contribution in [0.1, 0.15) is 13.2 Å². The molecule has 0 spiro atoms. The average molecular weight is 532 g/mol. The van der Waals surface area contributed by atoms with Crippen molar-refractivity contribution in [2.24, 2.45) is 0 Å². The summed E-state index contributed by atoms with van der Waals surface area (Å²) < 4.78 is 66.4. The van der Waals surface area contributed by atoms with E-state index in [1.165, 1.54) is 12.3 Å². The molecule has 1 fully saturated rings. The van der Waals surface area contributed by atoms with Crippen LogP contribution < -0.4 is 0 Å². The van der Waals surface area contributed by atoms with Gasteiger partial charge in [-0.25, -0.2) is 18.1 Å². The quantitative estimate of drug-likeness (QED) is 0.208. The lowest BCUT2D eigenvalue weighted by Crippen LogP contribution is -2.42. The van der Waals surface area contributed by atoms with Crippen molar-refractivity contribution in [3.05, 3.63) is 21.7 Å². The van der Waals surface area contributed by atoms with Crippen LogP contribution in [0.3, 0.4) is 0 Å². The second-order valence-electron chi connectivity index (χ2n) is 6.06. The molecule has 14 nitrogen and oxygen atoms in total. The molecule has 172 valence electrons. The summed E-state index contributed by atoms with van der Waals surface area (Å²) in [4.78, 5) is 38.1. The zero-order valence-corrected chi connectivity index (χ0v) is 19.0. The number of nitrogens with zero attached hydrogens (tertiary/aromatic N) is 1. The first-order valence-corrected chi connectivity index (χ1v) is 12.9. The number of hydrogen-bond acceptors (Lipinski definition) is 10. The Morgan fingerprint density at radius 3 is 2.37 bits per heavy atom. The molecule has 0 bridgehead atoms. The topological polar surface area (TPSA) is 210 Å². The van der Waals surface area contributed by atoms with E-state index in [-0.39, 0.29) is 9.41 Å². The number of phosphoric ester groups is 1. The Hall–Kier alpha value is -0.220. The van der Waals surface area contributed by atoms with E-state index in [9.17, 15) is 28.1 Å². The van der Waals surface area contributed by atoms with Gasteiger partial charge in [0.05, 0.1) is 6.61 Å². The first-order chi connectivity index (χ1) is 13.4. The molecule has 0 aliphatic carbocycles. The number of halogens is 1. The molecule has 0 radical (unpaired) electrons. The average Bonchev–Trinajstić information content (AvgIpc) is 2.73. The second-order valence-corrected chi connectivity index (χ2v) is 11.3. The van der Waals surface area contributed by atoms with E-state index in [0.717, 1.165) is 11.5 Å². The molecule has 3 unspecified atom stereocenters. The molecule has 6 N–H and O–H groups in total. The van der Waals surface area contributed by atoms with Crippen LogP contribution in [0.5, 0.6) is 0 Å². The number of H-pyrrole nitrogens is 1. The van der Waals surface area contributed by atoms with Gasteiger partial charge in [-0.05, 0) is 25.2 Å². The number of alkyl halides is 1. The number of phosphoric acid groups is 3. The summed E-state index contributed by atoms with van der Waals surface area (Å²) in [7, 11) is -16.8. The Morgan fingerprint density at radius 2 is 1.83 bits per heavy atom. The minimum Gasteiger partial charge on any atom is -0.382 e. The van der Waals surface area contributed by atoms with Gasteiger partial charge in [0.15, 0.2) is 17.2 Å². The largest absolute Gasteiger partial charge is 0.490 e. The first kappa shape index (κ1) is 26.0. The van der Waals surface area contributed by atoms with Gasteiger partial charge in [0.1, 0.15) is 16.3 Å². The van der Waals surface area contributed by atoms with Gasteiger partial charge >= 0.3 is 23.5 Å². The molecule has 2 heterocycles. The number of aromatic nitrogens is 2. The van der Waals surface area contributed by atoms with Gasteiger partial charge in [-0.3, -0.25) is 9.09 Å². The third-order valence-electron chi connectivity index (χ3n) is 3.61. The summed E-state index contributed by atoms with van der Waals surface area (Å²) in [6, 6.07) is 1.39. The normalized spacial score (nSPS) is 31.2. The third kappa shape index (κ3) is 6.64. The van der Waals surface area contributed by atoms with Gasteiger partial charge in [-0.2, -0.15) is 8.62 Å². The fourth-order valence-corrected chi connectivity index (χ4v) is 5.96. The number of aromatic amines is 1. The SMILES string of the molecule is CC1(O)[C@@H](F)[C@@H](COP(=O)(O)OP(=O)(O)OP(=O)(O)O)O[C@H]1n1ccc(=S)[nH]c1=S. The maximum atomic E-state index is 14.7. The maximum Gasteiger partial charge on any atom is 0.490 e. The smallest absolute Gasteiger partial charge is 0.382 e. The fourth-order valence-electron chi connectivity index (χ4n) is 2.44. The number of ether oxygens (including phenoxy) is 1. The molecule has 2 rings (SSSR count). The maximum absolute atomic E-state index is 14.7. The Labute approximate surface area is 177 Å². The number of aliphatic hydroxyl groups is 1. The van der Waals surface area contributed by atoms with Crippen LogP contribution in [0.15, 0.2) is 12.3 Å². The number of rotatable bonds is 8. The van der Waals surface area contributed by atoms with E-state index in [2.05, 4.69) is 18.1 Å². The van der Waals surface area contributed by atoms with Gasteiger partial charge in [-0.1, -0.05) is 12.2 Å². The van der Waals surface area contributed by atoms with Crippen molar-refractivity contribution in [2.75, 3.05) is 6.61 Å². The molecule has 1 aromatic heterocycles. The highest BCUT2D eigenvalue weighted by Gasteiger charge is 2.55. The Kier molecular flexibility index (Phi) is 7.78. The van der Waals surface area contributed by atoms with Crippen LogP contribution in [-0.4, -0.2) is 58.7 Å². The highest BCUT2D eigenvalue weighted by molar-refractivity contribution is 7.72. The fraction of sp³-hybridized carbons (Fsp3) is 0.600. The third-order valence-corrected chi connectivity index (χ3v) is 7.96. The van der Waals surface area contributed by atoms with Gasteiger partial charge in [0.2, 0.25) is 0 Å². The lowest BCUT2D eigenvalue weighted by Gasteiger charge is -2.27. The highest BCUT2D eigenvalue weighted by Crippen LogP contribution is 2.66. The van der Waals surface area contributed by atoms with Crippen LogP contribution in [-0.2, 0) is 31.6 Å². The zero-order chi connectivity index (χ0) is 23.1. The van der Waals surface area contributed by atoms with E-state index >= 15 is 0 Å². The van der Waals surface area contributed by atoms with Gasteiger partial charge in [0.25, 0.3) is 0 Å². The first-order valence-electron chi connectivity index (χ1n) is 7.55. The van der Waals surface area contributed by atoms with Gasteiger partial charge < -0.3 is 34.4 Å². The molecule has 6 atom stereocenters. The minimum absolute atomic E-state index is 0.0199. The molecule has 20 heteroatoms. The Bertz CT molecular complexity index is 1060. The number of hydrogen-bond donors (Lipinski definition) is 6. The Balaban J connectivity index is 2.13. The van der Waals surface area contributed by atoms with Crippen LogP contribution >= 0.6 is 47.9 Å². The van der Waals surface area contributed by atoms with Crippen molar-refractivity contribution >= 4 is 47.9 Å². The van der Waals surface area contributed by atoms with E-state index in [1.54, 1.807) is 0 Å². The van der Waals surface area contributed by atoms with E-state index in [0.29, 0.717) is 0 Å². The van der Waals surface area contributed by atoms with Crippen molar-refractivity contribution in [2.45, 2.75) is 31.0 Å². The summed E-state index contributed by atoms with van der Waals surface area (Å²) >= 11 is 9.93. The van der Waals surface area contributed by atoms with E-state index in [4.69, 9.17) is 43.9 Å². The van der Waals surface area contributed by atoms with Crippen molar-refractivity contribution in [1.29, 1.82) is 0 Å². The predicted molar refractivity (Wildman–Crippen MR) is 99.7 cm³/mol. The van der Waals surface area contributed by atoms with Crippen LogP contribution in [0.2, 0.25) is 0 Å². The summed E-state index contributed by atoms with van der Waals surface area (Å²) in [5, 5.41) is 10.5. The standard InChI is InChI=1S/C10H16FN2O12P3S2/c1-10(14)7(11)5(23-8(10)13-3-2-6(29)12-9(13)30)4-22-27(18,19)25-28(20,21)24-26(15,16)17/h2-3,5,7-8,14H,4H2,1H3,(H,18,19)(H,20,21)(H,12,29,30)(H2,15,16,17)/t5-,7+,8-,10?/m1/s1. The molecular formula is C10H16FN2O12P3S2. The summed E-state index contributed by atoms with van der Waals surface area (Å²) in [6.45, 7) is -0.00972. The predicted octanol–water partition coefficient (Wildman–Crippen LogP) is 1.60. The van der Waals surface area contributed by atoms with Crippen LogP contribution in [0.4, 0.5) is 4.39 Å². The molecule has 1 saturated heterocycles. The zero-order valence-electron chi connectivity index (χ0n) is 14.7. The second kappa shape index (κ2) is 8.96. The molecule has 0 aromatic carbocycles. The molecule has 1 aliphatic heterocycles. The van der Waals surface area contributed by atoms with E-state index < -0.39 is 54.2 Å². The lowest BCUT2D eigenvalue weighted by atomic mass is 9.98.